The lowest BCUT2D eigenvalue weighted by Gasteiger charge is -2.15. The number of carbonyl (C=O) groups is 1. The molecule has 1 amide bonds. The summed E-state index contributed by atoms with van der Waals surface area (Å²) in [7, 11) is 1.63. The third-order valence-electron chi connectivity index (χ3n) is 3.21. The molecule has 22 heavy (non-hydrogen) atoms. The van der Waals surface area contributed by atoms with E-state index in [1.807, 2.05) is 42.6 Å². The first-order valence-corrected chi connectivity index (χ1v) is 8.16. The molecule has 0 saturated carbocycles. The Morgan fingerprint density at radius 3 is 2.55 bits per heavy atom. The first-order chi connectivity index (χ1) is 10.6. The number of amides is 1. The molecule has 0 radical (unpaired) electrons. The van der Waals surface area contributed by atoms with Gasteiger partial charge in [-0.3, -0.25) is 4.79 Å². The zero-order chi connectivity index (χ0) is 15.9. The van der Waals surface area contributed by atoms with E-state index in [2.05, 4.69) is 12.2 Å². The van der Waals surface area contributed by atoms with Crippen LogP contribution in [0.15, 0.2) is 35.7 Å². The van der Waals surface area contributed by atoms with Gasteiger partial charge in [-0.1, -0.05) is 6.92 Å². The molecule has 1 aromatic heterocycles. The maximum absolute atomic E-state index is 12.0. The van der Waals surface area contributed by atoms with Crippen molar-refractivity contribution in [1.82, 2.24) is 5.32 Å². The second-order valence-electron chi connectivity index (χ2n) is 4.97. The zero-order valence-corrected chi connectivity index (χ0v) is 13.9. The minimum absolute atomic E-state index is 0.0545. The van der Waals surface area contributed by atoms with Crippen LogP contribution in [0.5, 0.6) is 11.5 Å². The van der Waals surface area contributed by atoms with Gasteiger partial charge in [0.15, 0.2) is 0 Å². The fraction of sp³-hybridized carbons (Fsp3) is 0.353. The number of aryl methyl sites for hydroxylation is 1. The van der Waals surface area contributed by atoms with Crippen LogP contribution in [0.1, 0.15) is 29.1 Å². The van der Waals surface area contributed by atoms with Crippen LogP contribution < -0.4 is 14.8 Å². The van der Waals surface area contributed by atoms with Crippen LogP contribution in [0.4, 0.5) is 0 Å². The van der Waals surface area contributed by atoms with Gasteiger partial charge in [-0.25, -0.2) is 0 Å². The van der Waals surface area contributed by atoms with Crippen molar-refractivity contribution in [2.45, 2.75) is 26.4 Å². The third-order valence-corrected chi connectivity index (χ3v) is 4.29. The van der Waals surface area contributed by atoms with Gasteiger partial charge in [0.2, 0.25) is 0 Å². The Balaban J connectivity index is 1.81. The van der Waals surface area contributed by atoms with Crippen LogP contribution in [0.2, 0.25) is 0 Å². The van der Waals surface area contributed by atoms with Gasteiger partial charge >= 0.3 is 0 Å². The van der Waals surface area contributed by atoms with Gasteiger partial charge in [-0.2, -0.15) is 0 Å². The minimum atomic E-state index is -0.110. The number of benzene rings is 1. The van der Waals surface area contributed by atoms with Crippen molar-refractivity contribution < 1.29 is 14.3 Å². The van der Waals surface area contributed by atoms with Crippen molar-refractivity contribution >= 4 is 17.2 Å². The van der Waals surface area contributed by atoms with E-state index in [0.29, 0.717) is 6.54 Å². The summed E-state index contributed by atoms with van der Waals surface area (Å²) in [4.78, 5) is 13.3. The Morgan fingerprint density at radius 1 is 1.27 bits per heavy atom. The molecule has 118 valence electrons. The number of hydrogen-bond donors (Lipinski definition) is 1. The molecule has 1 atom stereocenters. The summed E-state index contributed by atoms with van der Waals surface area (Å²) in [6, 6.07) is 9.33. The summed E-state index contributed by atoms with van der Waals surface area (Å²) in [5, 5.41) is 4.79. The highest BCUT2D eigenvalue weighted by Gasteiger charge is 2.10. The summed E-state index contributed by atoms with van der Waals surface area (Å²) in [6.45, 7) is 4.47. The van der Waals surface area contributed by atoms with Crippen LogP contribution in [0.25, 0.3) is 0 Å². The molecule has 1 N–H and O–H groups in total. The molecule has 5 heteroatoms. The van der Waals surface area contributed by atoms with Gasteiger partial charge in [0.25, 0.3) is 5.91 Å². The van der Waals surface area contributed by atoms with E-state index in [4.69, 9.17) is 9.47 Å². The quantitative estimate of drug-likeness (QED) is 0.849. The first kappa shape index (κ1) is 16.4. The number of nitrogens with one attached hydrogen (secondary N) is 1. The Morgan fingerprint density at radius 2 is 1.95 bits per heavy atom. The van der Waals surface area contributed by atoms with Crippen LogP contribution in [-0.2, 0) is 6.42 Å². The van der Waals surface area contributed by atoms with Gasteiger partial charge < -0.3 is 14.8 Å². The number of rotatable bonds is 7. The normalized spacial score (nSPS) is 11.8. The van der Waals surface area contributed by atoms with Crippen LogP contribution >= 0.6 is 11.3 Å². The molecular formula is C17H21NO3S. The standard InChI is InChI=1S/C17H21NO3S/c1-4-16-9-13(11-22-16)17(19)18-10-12(2)21-15-7-5-14(20-3)6-8-15/h5-9,11-12H,4,10H2,1-3H3,(H,18,19)/t12-/m1/s1. The molecule has 0 unspecified atom stereocenters. The summed E-state index contributed by atoms with van der Waals surface area (Å²) >= 11 is 1.61. The van der Waals surface area contributed by atoms with E-state index < -0.39 is 0 Å². The molecule has 0 saturated heterocycles. The van der Waals surface area contributed by atoms with Crippen molar-refractivity contribution in [3.8, 4) is 11.5 Å². The lowest BCUT2D eigenvalue weighted by atomic mass is 10.2. The number of thiophene rings is 1. The van der Waals surface area contributed by atoms with E-state index in [-0.39, 0.29) is 12.0 Å². The Bertz CT molecular complexity index is 607. The molecule has 2 rings (SSSR count). The summed E-state index contributed by atoms with van der Waals surface area (Å²) in [5.74, 6) is 1.49. The lowest BCUT2D eigenvalue weighted by Crippen LogP contribution is -2.33. The molecule has 2 aromatic rings. The summed E-state index contributed by atoms with van der Waals surface area (Å²) in [6.07, 6.45) is 0.844. The maximum Gasteiger partial charge on any atom is 0.252 e. The SMILES string of the molecule is CCc1cc(C(=O)NC[C@@H](C)Oc2ccc(OC)cc2)cs1. The van der Waals surface area contributed by atoms with Crippen molar-refractivity contribution in [2.24, 2.45) is 0 Å². The van der Waals surface area contributed by atoms with Gasteiger partial charge in [0.05, 0.1) is 19.2 Å². The molecule has 0 aliphatic rings. The number of carbonyl (C=O) groups excluding carboxylic acids is 1. The highest BCUT2D eigenvalue weighted by molar-refractivity contribution is 7.10. The van der Waals surface area contributed by atoms with Crippen LogP contribution in [-0.4, -0.2) is 25.7 Å². The second kappa shape index (κ2) is 7.84. The van der Waals surface area contributed by atoms with E-state index in [1.54, 1.807) is 18.4 Å². The molecule has 0 spiro atoms. The number of ether oxygens (including phenoxy) is 2. The predicted octanol–water partition coefficient (Wildman–Crippen LogP) is 3.52. The highest BCUT2D eigenvalue weighted by Crippen LogP contribution is 2.18. The Kier molecular flexibility index (Phi) is 5.83. The van der Waals surface area contributed by atoms with Crippen molar-refractivity contribution in [3.05, 3.63) is 46.2 Å². The van der Waals surface area contributed by atoms with Crippen molar-refractivity contribution in [2.75, 3.05) is 13.7 Å². The fourth-order valence-corrected chi connectivity index (χ4v) is 2.77. The summed E-state index contributed by atoms with van der Waals surface area (Å²) < 4.78 is 10.9. The molecule has 0 aliphatic carbocycles. The van der Waals surface area contributed by atoms with E-state index in [9.17, 15) is 4.79 Å². The summed E-state index contributed by atoms with van der Waals surface area (Å²) in [5.41, 5.74) is 0.721. The minimum Gasteiger partial charge on any atom is -0.497 e. The molecular weight excluding hydrogens is 298 g/mol. The average Bonchev–Trinajstić information content (AvgIpc) is 3.02. The van der Waals surface area contributed by atoms with E-state index in [1.165, 1.54) is 4.88 Å². The van der Waals surface area contributed by atoms with Gasteiger partial charge in [-0.05, 0) is 43.7 Å². The lowest BCUT2D eigenvalue weighted by molar-refractivity contribution is 0.0932. The average molecular weight is 319 g/mol. The molecule has 0 aliphatic heterocycles. The molecule has 1 heterocycles. The third kappa shape index (κ3) is 4.49. The second-order valence-corrected chi connectivity index (χ2v) is 5.97. The van der Waals surface area contributed by atoms with Crippen molar-refractivity contribution in [1.29, 1.82) is 0 Å². The van der Waals surface area contributed by atoms with Crippen molar-refractivity contribution in [3.63, 3.8) is 0 Å². The van der Waals surface area contributed by atoms with Crippen LogP contribution in [0.3, 0.4) is 0 Å². The Hall–Kier alpha value is -2.01. The smallest absolute Gasteiger partial charge is 0.252 e. The largest absolute Gasteiger partial charge is 0.497 e. The predicted molar refractivity (Wildman–Crippen MR) is 89.1 cm³/mol. The highest BCUT2D eigenvalue weighted by atomic mass is 32.1. The maximum atomic E-state index is 12.0. The molecule has 1 aromatic carbocycles. The van der Waals surface area contributed by atoms with Gasteiger partial charge in [0, 0.05) is 10.3 Å². The fourth-order valence-electron chi connectivity index (χ4n) is 1.95. The topological polar surface area (TPSA) is 47.6 Å². The number of hydrogen-bond acceptors (Lipinski definition) is 4. The van der Waals surface area contributed by atoms with E-state index in [0.717, 1.165) is 23.5 Å². The van der Waals surface area contributed by atoms with Gasteiger partial charge in [-0.15, -0.1) is 11.3 Å². The van der Waals surface area contributed by atoms with Gasteiger partial charge in [0.1, 0.15) is 17.6 Å². The first-order valence-electron chi connectivity index (χ1n) is 7.28. The molecule has 0 bridgehead atoms. The molecule has 0 fully saturated rings. The van der Waals surface area contributed by atoms with Crippen LogP contribution in [0, 0.1) is 0 Å². The van der Waals surface area contributed by atoms with E-state index >= 15 is 0 Å². The number of methoxy groups -OCH3 is 1. The monoisotopic (exact) mass is 319 g/mol. The Labute approximate surface area is 135 Å². The molecule has 4 nitrogen and oxygen atoms in total. The zero-order valence-electron chi connectivity index (χ0n) is 13.1.